The number of hydrogen-bond acceptors (Lipinski definition) is 5. The maximum atomic E-state index is 14.9. The summed E-state index contributed by atoms with van der Waals surface area (Å²) in [5.74, 6) is -1.28. The number of aromatic amines is 1. The monoisotopic (exact) mass is 466 g/mol. The number of aromatic nitrogens is 5. The second-order valence-corrected chi connectivity index (χ2v) is 7.82. The normalized spacial score (nSPS) is 12.4. The molecule has 0 spiro atoms. The molecule has 0 saturated carbocycles. The Bertz CT molecular complexity index is 1540. The van der Waals surface area contributed by atoms with Crippen LogP contribution in [0.15, 0.2) is 59.9 Å². The fourth-order valence-corrected chi connectivity index (χ4v) is 4.22. The largest absolute Gasteiger partial charge is 0.360 e. The van der Waals surface area contributed by atoms with Gasteiger partial charge in [0.2, 0.25) is 0 Å². The number of halogens is 3. The van der Waals surface area contributed by atoms with Crippen molar-refractivity contribution in [1.29, 1.82) is 0 Å². The Labute approximate surface area is 191 Å². The lowest BCUT2D eigenvalue weighted by Crippen LogP contribution is -2.28. The summed E-state index contributed by atoms with van der Waals surface area (Å²) < 4.78 is 30.8. The number of nitrogens with one attached hydrogen (secondary N) is 2. The fourth-order valence-electron chi connectivity index (χ4n) is 3.95. The first-order valence-corrected chi connectivity index (χ1v) is 10.6. The van der Waals surface area contributed by atoms with Gasteiger partial charge in [-0.3, -0.25) is 9.36 Å². The average molecular weight is 467 g/mol. The maximum Gasteiger partial charge on any atom is 0.264 e. The van der Waals surface area contributed by atoms with Crippen molar-refractivity contribution in [3.63, 3.8) is 0 Å². The second-order valence-electron chi connectivity index (χ2n) is 7.41. The molecule has 7 nitrogen and oxygen atoms in total. The predicted octanol–water partition coefficient (Wildman–Crippen LogP) is 5.15. The highest BCUT2D eigenvalue weighted by Crippen LogP contribution is 2.31. The van der Waals surface area contributed by atoms with Crippen molar-refractivity contribution in [2.45, 2.75) is 19.4 Å². The standard InChI is InChI=1S/C23H17ClF2N6O/c1-2-16(31-22-19-21(28-10-27-19)29-11-30-22)17-9-12-5-3-6-13(24)18(12)23(33)32(17)20-14(25)7-4-8-15(20)26/h3-11,16H,2H2,1H3,(H2,27,28,29,30,31)/t16-/m1/s1. The topological polar surface area (TPSA) is 88.5 Å². The van der Waals surface area contributed by atoms with Crippen LogP contribution >= 0.6 is 11.6 Å². The van der Waals surface area contributed by atoms with E-state index in [0.717, 1.165) is 16.7 Å². The number of hydrogen-bond donors (Lipinski definition) is 2. The molecule has 0 aliphatic heterocycles. The molecule has 5 aromatic rings. The minimum Gasteiger partial charge on any atom is -0.360 e. The lowest BCUT2D eigenvalue weighted by Gasteiger charge is -2.24. The van der Waals surface area contributed by atoms with Crippen LogP contribution in [0, 0.1) is 11.6 Å². The van der Waals surface area contributed by atoms with Gasteiger partial charge in [-0.15, -0.1) is 0 Å². The van der Waals surface area contributed by atoms with Gasteiger partial charge in [0.15, 0.2) is 11.5 Å². The number of H-pyrrole nitrogens is 1. The van der Waals surface area contributed by atoms with Crippen LogP contribution in [0.3, 0.4) is 0 Å². The Hall–Kier alpha value is -3.85. The number of rotatable bonds is 5. The maximum absolute atomic E-state index is 14.9. The summed E-state index contributed by atoms with van der Waals surface area (Å²) in [6.45, 7) is 1.89. The molecule has 0 saturated heterocycles. The molecule has 1 atom stereocenters. The van der Waals surface area contributed by atoms with Gasteiger partial charge in [-0.05, 0) is 36.1 Å². The molecule has 0 aliphatic carbocycles. The highest BCUT2D eigenvalue weighted by atomic mass is 35.5. The van der Waals surface area contributed by atoms with Gasteiger partial charge in [0, 0.05) is 5.69 Å². The van der Waals surface area contributed by atoms with Gasteiger partial charge in [-0.1, -0.05) is 36.7 Å². The van der Waals surface area contributed by atoms with E-state index in [4.69, 9.17) is 11.6 Å². The molecular weight excluding hydrogens is 450 g/mol. The van der Waals surface area contributed by atoms with Gasteiger partial charge in [0.05, 0.1) is 22.8 Å². The van der Waals surface area contributed by atoms with Crippen LogP contribution in [0.4, 0.5) is 14.6 Å². The van der Waals surface area contributed by atoms with E-state index in [2.05, 4.69) is 25.3 Å². The molecule has 0 bridgehead atoms. The molecule has 33 heavy (non-hydrogen) atoms. The second kappa shape index (κ2) is 8.25. The lowest BCUT2D eigenvalue weighted by atomic mass is 10.0. The average Bonchev–Trinajstić information content (AvgIpc) is 3.28. The molecule has 0 fully saturated rings. The fraction of sp³-hybridized carbons (Fsp3) is 0.130. The Morgan fingerprint density at radius 3 is 2.64 bits per heavy atom. The Morgan fingerprint density at radius 1 is 1.12 bits per heavy atom. The molecule has 3 heterocycles. The first-order chi connectivity index (χ1) is 16.0. The van der Waals surface area contributed by atoms with Crippen LogP contribution in [-0.2, 0) is 0 Å². The summed E-state index contributed by atoms with van der Waals surface area (Å²) in [5.41, 5.74) is 0.309. The first kappa shape index (κ1) is 21.0. The number of anilines is 1. The minimum absolute atomic E-state index is 0.179. The summed E-state index contributed by atoms with van der Waals surface area (Å²) in [6, 6.07) is 9.66. The van der Waals surface area contributed by atoms with E-state index < -0.39 is 28.9 Å². The van der Waals surface area contributed by atoms with Crippen LogP contribution in [0.25, 0.3) is 27.6 Å². The van der Waals surface area contributed by atoms with Crippen molar-refractivity contribution in [1.82, 2.24) is 24.5 Å². The third kappa shape index (κ3) is 3.50. The summed E-state index contributed by atoms with van der Waals surface area (Å²) in [5, 5.41) is 4.21. The van der Waals surface area contributed by atoms with Crippen LogP contribution in [-0.4, -0.2) is 24.5 Å². The zero-order valence-electron chi connectivity index (χ0n) is 17.3. The van der Waals surface area contributed by atoms with Crippen molar-refractivity contribution < 1.29 is 8.78 Å². The molecule has 0 radical (unpaired) electrons. The van der Waals surface area contributed by atoms with E-state index in [9.17, 15) is 13.6 Å². The molecule has 3 aromatic heterocycles. The van der Waals surface area contributed by atoms with E-state index in [0.29, 0.717) is 34.5 Å². The molecule has 0 aliphatic rings. The number of pyridine rings is 1. The quantitative estimate of drug-likeness (QED) is 0.374. The third-order valence-electron chi connectivity index (χ3n) is 5.48. The van der Waals surface area contributed by atoms with Gasteiger partial charge in [-0.25, -0.2) is 23.7 Å². The van der Waals surface area contributed by atoms with E-state index in [1.165, 1.54) is 18.7 Å². The zero-order chi connectivity index (χ0) is 23.1. The number of para-hydroxylation sites is 1. The number of fused-ring (bicyclic) bond motifs is 2. The number of nitrogens with zero attached hydrogens (tertiary/aromatic N) is 4. The van der Waals surface area contributed by atoms with Crippen LogP contribution < -0.4 is 10.9 Å². The highest BCUT2D eigenvalue weighted by Gasteiger charge is 2.24. The molecular formula is C23H17ClF2N6O. The number of benzene rings is 2. The Balaban J connectivity index is 1.79. The van der Waals surface area contributed by atoms with E-state index in [1.54, 1.807) is 24.3 Å². The van der Waals surface area contributed by atoms with Gasteiger partial charge in [-0.2, -0.15) is 0 Å². The van der Waals surface area contributed by atoms with Gasteiger partial charge < -0.3 is 10.3 Å². The van der Waals surface area contributed by atoms with Crippen molar-refractivity contribution in [2.75, 3.05) is 5.32 Å². The van der Waals surface area contributed by atoms with Crippen molar-refractivity contribution in [2.24, 2.45) is 0 Å². The Morgan fingerprint density at radius 2 is 1.88 bits per heavy atom. The van der Waals surface area contributed by atoms with Crippen molar-refractivity contribution >= 4 is 39.4 Å². The summed E-state index contributed by atoms with van der Waals surface area (Å²) in [4.78, 5) is 29.1. The zero-order valence-corrected chi connectivity index (χ0v) is 18.1. The molecule has 0 amide bonds. The molecule has 2 aromatic carbocycles. The van der Waals surface area contributed by atoms with E-state index in [-0.39, 0.29) is 10.4 Å². The van der Waals surface area contributed by atoms with E-state index in [1.807, 2.05) is 6.92 Å². The molecule has 0 unspecified atom stereocenters. The molecule has 5 rings (SSSR count). The summed E-state index contributed by atoms with van der Waals surface area (Å²) >= 11 is 6.31. The predicted molar refractivity (Wildman–Crippen MR) is 123 cm³/mol. The molecule has 166 valence electrons. The summed E-state index contributed by atoms with van der Waals surface area (Å²) in [7, 11) is 0. The van der Waals surface area contributed by atoms with Crippen LogP contribution in [0.2, 0.25) is 5.02 Å². The minimum atomic E-state index is -0.863. The Kier molecular flexibility index (Phi) is 5.26. The lowest BCUT2D eigenvalue weighted by molar-refractivity contribution is 0.558. The van der Waals surface area contributed by atoms with Crippen LogP contribution in [0.5, 0.6) is 0 Å². The molecule has 2 N–H and O–H groups in total. The van der Waals surface area contributed by atoms with Gasteiger partial charge in [0.25, 0.3) is 5.56 Å². The highest BCUT2D eigenvalue weighted by molar-refractivity contribution is 6.35. The van der Waals surface area contributed by atoms with Crippen molar-refractivity contribution in [3.8, 4) is 5.69 Å². The van der Waals surface area contributed by atoms with Gasteiger partial charge in [0.1, 0.15) is 29.2 Å². The van der Waals surface area contributed by atoms with Crippen LogP contribution in [0.1, 0.15) is 25.1 Å². The molecule has 10 heteroatoms. The van der Waals surface area contributed by atoms with Gasteiger partial charge >= 0.3 is 0 Å². The van der Waals surface area contributed by atoms with E-state index >= 15 is 0 Å². The third-order valence-corrected chi connectivity index (χ3v) is 5.80. The first-order valence-electron chi connectivity index (χ1n) is 10.2. The number of imidazole rings is 1. The summed E-state index contributed by atoms with van der Waals surface area (Å²) in [6.07, 6.45) is 3.33. The smallest absolute Gasteiger partial charge is 0.264 e. The SMILES string of the molecule is CC[C@@H](Nc1ncnc2nc[nH]c12)c1cc2cccc(Cl)c2c(=O)n1-c1c(F)cccc1F. The van der Waals surface area contributed by atoms with Crippen molar-refractivity contribution in [3.05, 3.63) is 87.8 Å².